The number of aryl methyl sites for hydroxylation is 1. The van der Waals surface area contributed by atoms with E-state index in [9.17, 15) is 14.4 Å². The molecule has 2 aliphatic heterocycles. The molecule has 0 aromatic heterocycles. The Hall–Kier alpha value is -2.25. The van der Waals surface area contributed by atoms with Gasteiger partial charge in [-0.2, -0.15) is 0 Å². The van der Waals surface area contributed by atoms with Gasteiger partial charge >= 0.3 is 0 Å². The van der Waals surface area contributed by atoms with Crippen molar-refractivity contribution in [2.75, 3.05) is 0 Å². The van der Waals surface area contributed by atoms with Crippen molar-refractivity contribution in [1.82, 2.24) is 10.2 Å². The van der Waals surface area contributed by atoms with Crippen LogP contribution in [0.5, 0.6) is 0 Å². The molecular weight excluding hydrogens is 346 g/mol. The maximum Gasteiger partial charge on any atom is 0.255 e. The summed E-state index contributed by atoms with van der Waals surface area (Å²) in [5.41, 5.74) is 8.28. The third kappa shape index (κ3) is 4.54. The highest BCUT2D eigenvalue weighted by molar-refractivity contribution is 6.05. The molecule has 3 amide bonds. The Bertz CT molecular complexity index is 741. The highest BCUT2D eigenvalue weighted by Gasteiger charge is 2.38. The van der Waals surface area contributed by atoms with E-state index in [1.165, 1.54) is 0 Å². The van der Waals surface area contributed by atoms with Gasteiger partial charge in [-0.05, 0) is 50.7 Å². The molecule has 0 bridgehead atoms. The Labute approximate surface area is 158 Å². The summed E-state index contributed by atoms with van der Waals surface area (Å²) < 4.78 is 0. The molecule has 3 atom stereocenters. The first-order chi connectivity index (χ1) is 12.8. The minimum atomic E-state index is -0.530. The molecule has 3 aliphatic rings. The van der Waals surface area contributed by atoms with Crippen molar-refractivity contribution in [1.29, 1.82) is 0 Å². The summed E-state index contributed by atoms with van der Waals surface area (Å²) in [5, 5.41) is 11.3. The highest BCUT2D eigenvalue weighted by Crippen LogP contribution is 2.27. The van der Waals surface area contributed by atoms with Gasteiger partial charge in [-0.15, -0.1) is 0 Å². The van der Waals surface area contributed by atoms with Crippen LogP contribution in [0.15, 0.2) is 18.2 Å². The number of nitrogens with one attached hydrogen (secondary N) is 1. The Morgan fingerprint density at radius 1 is 1.19 bits per heavy atom. The molecule has 1 aromatic rings. The number of nitrogens with two attached hydrogens (primary N) is 1. The maximum absolute atomic E-state index is 12.3. The van der Waals surface area contributed by atoms with Gasteiger partial charge < -0.3 is 15.7 Å². The van der Waals surface area contributed by atoms with Crippen LogP contribution in [0.1, 0.15) is 60.0 Å². The van der Waals surface area contributed by atoms with Crippen molar-refractivity contribution in [2.45, 2.75) is 70.2 Å². The Morgan fingerprint density at radius 2 is 1.96 bits per heavy atom. The van der Waals surface area contributed by atoms with E-state index < -0.39 is 6.04 Å². The number of amides is 3. The third-order valence-electron chi connectivity index (χ3n) is 5.37. The molecule has 4 N–H and O–H groups in total. The van der Waals surface area contributed by atoms with Gasteiger partial charge in [-0.25, -0.2) is 0 Å². The number of aliphatic hydroxyl groups excluding tert-OH is 1. The van der Waals surface area contributed by atoms with Gasteiger partial charge in [0.1, 0.15) is 6.04 Å². The van der Waals surface area contributed by atoms with Crippen molar-refractivity contribution < 1.29 is 19.5 Å². The lowest BCUT2D eigenvalue weighted by Gasteiger charge is -2.29. The predicted molar refractivity (Wildman–Crippen MR) is 99.7 cm³/mol. The van der Waals surface area contributed by atoms with Gasteiger partial charge in [0, 0.05) is 24.6 Å². The van der Waals surface area contributed by atoms with Crippen LogP contribution in [0.25, 0.3) is 0 Å². The van der Waals surface area contributed by atoms with Crippen molar-refractivity contribution in [3.63, 3.8) is 0 Å². The smallest absolute Gasteiger partial charge is 0.255 e. The van der Waals surface area contributed by atoms with Gasteiger partial charge in [0.25, 0.3) is 5.91 Å². The molecule has 2 heterocycles. The molecule has 7 heteroatoms. The van der Waals surface area contributed by atoms with Crippen molar-refractivity contribution in [3.8, 4) is 0 Å². The number of piperidine rings is 1. The fourth-order valence-electron chi connectivity index (χ4n) is 3.90. The zero-order chi connectivity index (χ0) is 19.6. The Balaban J connectivity index is 0.000000221. The quantitative estimate of drug-likeness (QED) is 0.636. The van der Waals surface area contributed by atoms with E-state index in [1.807, 2.05) is 19.1 Å². The first-order valence-electron chi connectivity index (χ1n) is 9.53. The standard InChI is InChI=1S/C14H14N2O3.C6H13NO/c1-8-2-3-10-9(6-8)7-16(14(10)19)11-4-5-12(17)15-13(11)18;7-5-2-1-3-6(8)4-5/h2-3,6,11H,4-5,7H2,1H3,(H,15,17,18);5-6,8H,1-4,7H2. The summed E-state index contributed by atoms with van der Waals surface area (Å²) in [7, 11) is 0. The number of rotatable bonds is 1. The van der Waals surface area contributed by atoms with Crippen LogP contribution in [0, 0.1) is 6.92 Å². The summed E-state index contributed by atoms with van der Waals surface area (Å²) in [6.45, 7) is 2.42. The normalized spacial score (nSPS) is 27.6. The van der Waals surface area contributed by atoms with Gasteiger partial charge in [0.2, 0.25) is 11.8 Å². The van der Waals surface area contributed by atoms with Crippen LogP contribution in [0.2, 0.25) is 0 Å². The minimum absolute atomic E-state index is 0.112. The summed E-state index contributed by atoms with van der Waals surface area (Å²) in [4.78, 5) is 36.8. The molecule has 3 unspecified atom stereocenters. The second-order valence-electron chi connectivity index (χ2n) is 7.64. The van der Waals surface area contributed by atoms with E-state index in [2.05, 4.69) is 5.32 Å². The van der Waals surface area contributed by atoms with E-state index in [0.717, 1.165) is 36.8 Å². The molecule has 1 saturated heterocycles. The van der Waals surface area contributed by atoms with E-state index in [0.29, 0.717) is 18.5 Å². The first-order valence-corrected chi connectivity index (χ1v) is 9.53. The largest absolute Gasteiger partial charge is 0.393 e. The lowest BCUT2D eigenvalue weighted by Crippen LogP contribution is -2.52. The van der Waals surface area contributed by atoms with Gasteiger partial charge in [0.15, 0.2) is 0 Å². The fourth-order valence-corrected chi connectivity index (χ4v) is 3.90. The molecule has 4 rings (SSSR count). The Morgan fingerprint density at radius 3 is 2.59 bits per heavy atom. The molecule has 2 fully saturated rings. The lowest BCUT2D eigenvalue weighted by atomic mass is 9.94. The number of fused-ring (bicyclic) bond motifs is 1. The number of benzene rings is 1. The van der Waals surface area contributed by atoms with Crippen LogP contribution in [-0.4, -0.2) is 45.9 Å². The highest BCUT2D eigenvalue weighted by atomic mass is 16.3. The summed E-state index contributed by atoms with van der Waals surface area (Å²) in [5.74, 6) is -0.750. The van der Waals surface area contributed by atoms with Crippen LogP contribution in [0.4, 0.5) is 0 Å². The van der Waals surface area contributed by atoms with Gasteiger partial charge in [-0.3, -0.25) is 19.7 Å². The van der Waals surface area contributed by atoms with Crippen molar-refractivity contribution in [2.24, 2.45) is 5.73 Å². The van der Waals surface area contributed by atoms with Crippen LogP contribution in [-0.2, 0) is 16.1 Å². The average Bonchev–Trinajstić information content (AvgIpc) is 2.91. The molecule has 1 aliphatic carbocycles. The topological polar surface area (TPSA) is 113 Å². The number of carbonyl (C=O) groups is 3. The third-order valence-corrected chi connectivity index (χ3v) is 5.37. The zero-order valence-corrected chi connectivity index (χ0v) is 15.6. The minimum Gasteiger partial charge on any atom is -0.393 e. The van der Waals surface area contributed by atoms with E-state index in [-0.39, 0.29) is 36.3 Å². The molecule has 27 heavy (non-hydrogen) atoms. The molecular formula is C20H27N3O4. The molecule has 1 saturated carbocycles. The maximum atomic E-state index is 12.3. The fraction of sp³-hybridized carbons (Fsp3) is 0.550. The average molecular weight is 373 g/mol. The predicted octanol–water partition coefficient (Wildman–Crippen LogP) is 1.00. The zero-order valence-electron chi connectivity index (χ0n) is 15.6. The van der Waals surface area contributed by atoms with E-state index >= 15 is 0 Å². The van der Waals surface area contributed by atoms with Crippen LogP contribution in [0.3, 0.4) is 0 Å². The van der Waals surface area contributed by atoms with Crippen molar-refractivity contribution in [3.05, 3.63) is 34.9 Å². The SMILES string of the molecule is Cc1ccc2c(c1)CN(C1CCC(=O)NC1=O)C2=O.NC1CCCC(O)C1. The number of carbonyl (C=O) groups excluding carboxylic acids is 3. The Kier molecular flexibility index (Phi) is 5.92. The van der Waals surface area contributed by atoms with Crippen LogP contribution < -0.4 is 11.1 Å². The second-order valence-corrected chi connectivity index (χ2v) is 7.64. The number of aliphatic hydroxyl groups is 1. The monoisotopic (exact) mass is 373 g/mol. The number of hydrogen-bond acceptors (Lipinski definition) is 5. The van der Waals surface area contributed by atoms with E-state index in [1.54, 1.807) is 11.0 Å². The van der Waals surface area contributed by atoms with Gasteiger partial charge in [-0.1, -0.05) is 17.7 Å². The summed E-state index contributed by atoms with van der Waals surface area (Å²) in [6.07, 6.45) is 4.53. The van der Waals surface area contributed by atoms with E-state index in [4.69, 9.17) is 10.8 Å². The van der Waals surface area contributed by atoms with Gasteiger partial charge in [0.05, 0.1) is 6.10 Å². The molecule has 146 valence electrons. The first kappa shape index (κ1) is 19.5. The molecule has 0 spiro atoms. The second kappa shape index (κ2) is 8.19. The molecule has 7 nitrogen and oxygen atoms in total. The number of nitrogens with zero attached hydrogens (tertiary/aromatic N) is 1. The molecule has 1 aromatic carbocycles. The van der Waals surface area contributed by atoms with Crippen molar-refractivity contribution >= 4 is 17.7 Å². The van der Waals surface area contributed by atoms with Crippen LogP contribution >= 0.6 is 0 Å². The summed E-state index contributed by atoms with van der Waals surface area (Å²) >= 11 is 0. The number of hydrogen-bond donors (Lipinski definition) is 3. The summed E-state index contributed by atoms with van der Waals surface area (Å²) in [6, 6.07) is 5.40. The molecule has 0 radical (unpaired) electrons. The lowest BCUT2D eigenvalue weighted by molar-refractivity contribution is -0.136. The number of imide groups is 1.